The van der Waals surface area contributed by atoms with E-state index in [2.05, 4.69) is 16.4 Å². The number of H-pyrrole nitrogens is 1. The van der Waals surface area contributed by atoms with Crippen molar-refractivity contribution < 1.29 is 0 Å². The first kappa shape index (κ1) is 12.8. The van der Waals surface area contributed by atoms with E-state index in [1.54, 1.807) is 24.5 Å². The molecule has 0 radical (unpaired) electrons. The summed E-state index contributed by atoms with van der Waals surface area (Å²) in [4.78, 5) is 26.2. The summed E-state index contributed by atoms with van der Waals surface area (Å²) >= 11 is 1.70. The smallest absolute Gasteiger partial charge is 0.310 e. The molecule has 2 rings (SSSR count). The number of aromatic nitrogens is 2. The number of rotatable bonds is 5. The van der Waals surface area contributed by atoms with E-state index in [0.717, 1.165) is 6.54 Å². The Bertz CT molecular complexity index is 613. The molecule has 6 heteroatoms. The van der Waals surface area contributed by atoms with Crippen LogP contribution in [0.25, 0.3) is 0 Å². The van der Waals surface area contributed by atoms with Crippen molar-refractivity contribution in [1.82, 2.24) is 14.9 Å². The maximum absolute atomic E-state index is 11.5. The lowest BCUT2D eigenvalue weighted by Gasteiger charge is -2.06. The second-order valence-corrected chi connectivity index (χ2v) is 5.05. The van der Waals surface area contributed by atoms with Crippen molar-refractivity contribution in [3.63, 3.8) is 0 Å². The van der Waals surface area contributed by atoms with Crippen molar-refractivity contribution in [3.8, 4) is 0 Å². The Balaban J connectivity index is 1.89. The van der Waals surface area contributed by atoms with Crippen molar-refractivity contribution >= 4 is 11.3 Å². The van der Waals surface area contributed by atoms with E-state index in [1.165, 1.54) is 9.44 Å². The molecule has 2 aromatic heterocycles. The average Bonchev–Trinajstić information content (AvgIpc) is 2.84. The van der Waals surface area contributed by atoms with Gasteiger partial charge in [-0.2, -0.15) is 0 Å². The van der Waals surface area contributed by atoms with Gasteiger partial charge in [0.2, 0.25) is 0 Å². The minimum Gasteiger partial charge on any atom is -0.310 e. The molecule has 2 N–H and O–H groups in total. The number of hydrogen-bond donors (Lipinski definition) is 2. The summed E-state index contributed by atoms with van der Waals surface area (Å²) in [5.74, 6) is 0. The zero-order valence-corrected chi connectivity index (χ0v) is 10.9. The van der Waals surface area contributed by atoms with E-state index in [-0.39, 0.29) is 11.2 Å². The van der Waals surface area contributed by atoms with Gasteiger partial charge in [0.15, 0.2) is 0 Å². The second kappa shape index (κ2) is 5.79. The molecule has 5 nitrogen and oxygen atoms in total. The molecule has 0 amide bonds. The van der Waals surface area contributed by atoms with Crippen LogP contribution in [-0.2, 0) is 13.1 Å². The Hall–Kier alpha value is -1.66. The third-order valence-corrected chi connectivity index (χ3v) is 3.47. The lowest BCUT2D eigenvalue weighted by molar-refractivity contribution is 0.574. The van der Waals surface area contributed by atoms with Crippen LogP contribution in [0.2, 0.25) is 0 Å². The molecule has 0 bridgehead atoms. The fourth-order valence-electron chi connectivity index (χ4n) is 1.61. The first-order chi connectivity index (χ1) is 8.66. The van der Waals surface area contributed by atoms with Crippen LogP contribution in [0.3, 0.4) is 0 Å². The Kier molecular flexibility index (Phi) is 4.11. The molecule has 0 spiro atoms. The molecule has 0 saturated heterocycles. The maximum atomic E-state index is 11.5. The Labute approximate surface area is 108 Å². The summed E-state index contributed by atoms with van der Waals surface area (Å²) in [6.45, 7) is 3.72. The van der Waals surface area contributed by atoms with Crippen LogP contribution in [0.4, 0.5) is 0 Å². The van der Waals surface area contributed by atoms with E-state index < -0.39 is 0 Å². The van der Waals surface area contributed by atoms with Gasteiger partial charge in [0.25, 0.3) is 5.56 Å². The van der Waals surface area contributed by atoms with Crippen LogP contribution in [0.15, 0.2) is 33.3 Å². The quantitative estimate of drug-likeness (QED) is 0.782. The number of nitrogens with zero attached hydrogens (tertiary/aromatic N) is 1. The molecule has 0 fully saturated rings. The zero-order chi connectivity index (χ0) is 13.0. The highest BCUT2D eigenvalue weighted by molar-refractivity contribution is 7.09. The third kappa shape index (κ3) is 3.18. The standard InChI is InChI=1S/C12H15N3O2S/c1-9-8-15(12(17)14-11(9)16)5-4-13-7-10-3-2-6-18-10/h2-3,6,8,13H,4-5,7H2,1H3,(H,14,16,17). The summed E-state index contributed by atoms with van der Waals surface area (Å²) in [5.41, 5.74) is -0.126. The van der Waals surface area contributed by atoms with E-state index in [4.69, 9.17) is 0 Å². The molecule has 0 aromatic carbocycles. The van der Waals surface area contributed by atoms with Crippen LogP contribution >= 0.6 is 11.3 Å². The molecule has 0 saturated carbocycles. The SMILES string of the molecule is Cc1cn(CCNCc2cccs2)c(=O)[nH]c1=O. The van der Waals surface area contributed by atoms with Gasteiger partial charge in [0.05, 0.1) is 0 Å². The Morgan fingerprint density at radius 3 is 3.00 bits per heavy atom. The fraction of sp³-hybridized carbons (Fsp3) is 0.333. The average molecular weight is 265 g/mol. The number of nitrogens with one attached hydrogen (secondary N) is 2. The van der Waals surface area contributed by atoms with Crippen molar-refractivity contribution in [2.24, 2.45) is 0 Å². The van der Waals surface area contributed by atoms with Gasteiger partial charge in [-0.3, -0.25) is 14.3 Å². The summed E-state index contributed by atoms with van der Waals surface area (Å²) in [5, 5.41) is 5.29. The van der Waals surface area contributed by atoms with E-state index >= 15 is 0 Å². The molecular weight excluding hydrogens is 250 g/mol. The summed E-state index contributed by atoms with van der Waals surface area (Å²) in [6, 6.07) is 4.07. The van der Waals surface area contributed by atoms with Gasteiger partial charge < -0.3 is 5.32 Å². The Morgan fingerprint density at radius 1 is 1.44 bits per heavy atom. The predicted molar refractivity (Wildman–Crippen MR) is 72.1 cm³/mol. The molecule has 2 heterocycles. The molecule has 0 unspecified atom stereocenters. The van der Waals surface area contributed by atoms with Crippen LogP contribution in [0.5, 0.6) is 0 Å². The highest BCUT2D eigenvalue weighted by Crippen LogP contribution is 2.06. The molecule has 96 valence electrons. The molecule has 0 aliphatic carbocycles. The van der Waals surface area contributed by atoms with Crippen LogP contribution < -0.4 is 16.6 Å². The van der Waals surface area contributed by atoms with E-state index in [0.29, 0.717) is 18.7 Å². The number of aryl methyl sites for hydroxylation is 1. The van der Waals surface area contributed by atoms with Gasteiger partial charge in [-0.05, 0) is 18.4 Å². The summed E-state index contributed by atoms with van der Waals surface area (Å²) < 4.78 is 1.51. The summed E-state index contributed by atoms with van der Waals surface area (Å²) in [6.07, 6.45) is 1.59. The first-order valence-electron chi connectivity index (χ1n) is 5.70. The first-order valence-corrected chi connectivity index (χ1v) is 6.58. The number of thiophene rings is 1. The normalized spacial score (nSPS) is 10.7. The van der Waals surface area contributed by atoms with Gasteiger partial charge in [0, 0.05) is 36.3 Å². The predicted octanol–water partition coefficient (Wildman–Crippen LogP) is 0.696. The molecule has 2 aromatic rings. The lowest BCUT2D eigenvalue weighted by atomic mass is 10.4. The minimum atomic E-state index is -0.358. The van der Waals surface area contributed by atoms with Crippen LogP contribution in [0.1, 0.15) is 10.4 Å². The molecule has 0 aliphatic rings. The molecular formula is C12H15N3O2S. The van der Waals surface area contributed by atoms with Crippen molar-refractivity contribution in [3.05, 3.63) is 55.0 Å². The van der Waals surface area contributed by atoms with Crippen molar-refractivity contribution in [1.29, 1.82) is 0 Å². The van der Waals surface area contributed by atoms with Crippen LogP contribution in [0, 0.1) is 6.92 Å². The lowest BCUT2D eigenvalue weighted by Crippen LogP contribution is -2.33. The van der Waals surface area contributed by atoms with Gasteiger partial charge in [-0.15, -0.1) is 11.3 Å². The molecule has 18 heavy (non-hydrogen) atoms. The van der Waals surface area contributed by atoms with Gasteiger partial charge in [-0.25, -0.2) is 4.79 Å². The number of aromatic amines is 1. The third-order valence-electron chi connectivity index (χ3n) is 2.60. The highest BCUT2D eigenvalue weighted by atomic mass is 32.1. The van der Waals surface area contributed by atoms with Gasteiger partial charge in [-0.1, -0.05) is 6.07 Å². The van der Waals surface area contributed by atoms with Gasteiger partial charge >= 0.3 is 5.69 Å². The summed E-state index contributed by atoms with van der Waals surface area (Å²) in [7, 11) is 0. The fourth-order valence-corrected chi connectivity index (χ4v) is 2.28. The molecule has 0 aliphatic heterocycles. The van der Waals surface area contributed by atoms with E-state index in [9.17, 15) is 9.59 Å². The van der Waals surface area contributed by atoms with Gasteiger partial charge in [0.1, 0.15) is 0 Å². The van der Waals surface area contributed by atoms with E-state index in [1.807, 2.05) is 11.4 Å². The topological polar surface area (TPSA) is 66.9 Å². The number of hydrogen-bond acceptors (Lipinski definition) is 4. The zero-order valence-electron chi connectivity index (χ0n) is 10.1. The molecule has 0 atom stereocenters. The Morgan fingerprint density at radius 2 is 2.28 bits per heavy atom. The highest BCUT2D eigenvalue weighted by Gasteiger charge is 2.00. The minimum absolute atomic E-state index is 0.317. The van der Waals surface area contributed by atoms with Crippen molar-refractivity contribution in [2.75, 3.05) is 6.54 Å². The largest absolute Gasteiger partial charge is 0.328 e. The monoisotopic (exact) mass is 265 g/mol. The second-order valence-electron chi connectivity index (χ2n) is 4.02. The van der Waals surface area contributed by atoms with Crippen LogP contribution in [-0.4, -0.2) is 16.1 Å². The van der Waals surface area contributed by atoms with Crippen molar-refractivity contribution in [2.45, 2.75) is 20.0 Å². The maximum Gasteiger partial charge on any atom is 0.328 e.